The Morgan fingerprint density at radius 3 is 2.72 bits per heavy atom. The molecule has 1 N–H and O–H groups in total. The summed E-state index contributed by atoms with van der Waals surface area (Å²) < 4.78 is 11.2. The number of aliphatic hydroxyl groups excluding tert-OH is 1. The van der Waals surface area contributed by atoms with E-state index in [4.69, 9.17) is 9.47 Å². The predicted molar refractivity (Wildman–Crippen MR) is 74.3 cm³/mol. The molecule has 0 aliphatic carbocycles. The van der Waals surface area contributed by atoms with Crippen LogP contribution in [0.4, 0.5) is 0 Å². The third-order valence-electron chi connectivity index (χ3n) is 2.48. The van der Waals surface area contributed by atoms with Gasteiger partial charge in [0.25, 0.3) is 0 Å². The highest BCUT2D eigenvalue weighted by Gasteiger charge is 2.15. The van der Waals surface area contributed by atoms with Gasteiger partial charge in [-0.1, -0.05) is 0 Å². The number of aliphatic hydroxyl groups is 1. The van der Waals surface area contributed by atoms with E-state index in [1.165, 1.54) is 11.3 Å². The number of thiazole rings is 1. The van der Waals surface area contributed by atoms with Gasteiger partial charge >= 0.3 is 0 Å². The number of rotatable bonds is 4. The SMILES string of the molecule is COc1ccc(-c2nc(Br)sc2CO)c(OC)c1. The molecule has 0 radical (unpaired) electrons. The van der Waals surface area contributed by atoms with Crippen LogP contribution in [0.25, 0.3) is 11.3 Å². The van der Waals surface area contributed by atoms with Crippen molar-refractivity contribution in [2.75, 3.05) is 14.2 Å². The number of aromatic nitrogens is 1. The Balaban J connectivity index is 2.55. The minimum atomic E-state index is -0.0478. The maximum Gasteiger partial charge on any atom is 0.160 e. The van der Waals surface area contributed by atoms with Crippen LogP contribution in [-0.2, 0) is 6.61 Å². The fourth-order valence-electron chi connectivity index (χ4n) is 1.63. The summed E-state index contributed by atoms with van der Waals surface area (Å²) in [4.78, 5) is 5.17. The van der Waals surface area contributed by atoms with Gasteiger partial charge in [-0.25, -0.2) is 4.98 Å². The molecule has 0 unspecified atom stereocenters. The highest BCUT2D eigenvalue weighted by Crippen LogP contribution is 2.37. The summed E-state index contributed by atoms with van der Waals surface area (Å²) in [6.07, 6.45) is 0. The van der Waals surface area contributed by atoms with Gasteiger partial charge in [0.2, 0.25) is 0 Å². The second-order valence-electron chi connectivity index (χ2n) is 3.46. The summed E-state index contributed by atoms with van der Waals surface area (Å²) in [5.41, 5.74) is 1.57. The van der Waals surface area contributed by atoms with E-state index < -0.39 is 0 Å². The molecular formula is C12H12BrNO3S. The molecule has 6 heteroatoms. The number of nitrogens with zero attached hydrogens (tertiary/aromatic N) is 1. The third kappa shape index (κ3) is 2.50. The summed E-state index contributed by atoms with van der Waals surface area (Å²) in [6, 6.07) is 5.51. The van der Waals surface area contributed by atoms with Crippen LogP contribution < -0.4 is 9.47 Å². The molecule has 18 heavy (non-hydrogen) atoms. The highest BCUT2D eigenvalue weighted by molar-refractivity contribution is 9.11. The first kappa shape index (κ1) is 13.3. The van der Waals surface area contributed by atoms with E-state index in [1.807, 2.05) is 12.1 Å². The first-order valence-electron chi connectivity index (χ1n) is 5.18. The molecule has 0 fully saturated rings. The smallest absolute Gasteiger partial charge is 0.160 e. The lowest BCUT2D eigenvalue weighted by molar-refractivity contribution is 0.286. The Bertz CT molecular complexity index is 556. The van der Waals surface area contributed by atoms with Crippen LogP contribution in [0, 0.1) is 0 Å². The topological polar surface area (TPSA) is 51.6 Å². The zero-order valence-electron chi connectivity index (χ0n) is 9.94. The van der Waals surface area contributed by atoms with Crippen molar-refractivity contribution in [3.8, 4) is 22.8 Å². The van der Waals surface area contributed by atoms with Gasteiger partial charge in [-0.15, -0.1) is 11.3 Å². The van der Waals surface area contributed by atoms with Crippen LogP contribution in [0.2, 0.25) is 0 Å². The summed E-state index contributed by atoms with van der Waals surface area (Å²) >= 11 is 4.73. The molecule has 0 atom stereocenters. The Hall–Kier alpha value is -1.11. The maximum atomic E-state index is 9.34. The monoisotopic (exact) mass is 329 g/mol. The molecule has 4 nitrogen and oxygen atoms in total. The summed E-state index contributed by atoms with van der Waals surface area (Å²) in [5, 5.41) is 9.34. The fraction of sp³-hybridized carbons (Fsp3) is 0.250. The van der Waals surface area contributed by atoms with E-state index in [0.717, 1.165) is 25.8 Å². The average molecular weight is 330 g/mol. The first-order chi connectivity index (χ1) is 8.69. The van der Waals surface area contributed by atoms with Gasteiger partial charge in [0.05, 0.1) is 31.4 Å². The molecule has 0 bridgehead atoms. The van der Waals surface area contributed by atoms with Crippen molar-refractivity contribution in [1.29, 1.82) is 0 Å². The van der Waals surface area contributed by atoms with Crippen LogP contribution in [0.3, 0.4) is 0 Å². The van der Waals surface area contributed by atoms with Crippen LogP contribution in [0.1, 0.15) is 4.88 Å². The van der Waals surface area contributed by atoms with Gasteiger partial charge in [0.15, 0.2) is 3.92 Å². The fourth-order valence-corrected chi connectivity index (χ4v) is 3.06. The summed E-state index contributed by atoms with van der Waals surface area (Å²) in [7, 11) is 3.20. The zero-order chi connectivity index (χ0) is 13.1. The molecule has 1 heterocycles. The van der Waals surface area contributed by atoms with E-state index in [2.05, 4.69) is 20.9 Å². The molecule has 0 saturated heterocycles. The van der Waals surface area contributed by atoms with Crippen molar-refractivity contribution >= 4 is 27.3 Å². The molecule has 2 rings (SSSR count). The Labute approximate surface area is 117 Å². The quantitative estimate of drug-likeness (QED) is 0.936. The maximum absolute atomic E-state index is 9.34. The van der Waals surface area contributed by atoms with E-state index in [1.54, 1.807) is 20.3 Å². The Kier molecular flexibility index (Phi) is 4.21. The Morgan fingerprint density at radius 2 is 2.11 bits per heavy atom. The van der Waals surface area contributed by atoms with Crippen molar-refractivity contribution in [2.24, 2.45) is 0 Å². The van der Waals surface area contributed by atoms with Crippen molar-refractivity contribution in [2.45, 2.75) is 6.61 Å². The lowest BCUT2D eigenvalue weighted by Gasteiger charge is -2.09. The molecule has 0 amide bonds. The first-order valence-corrected chi connectivity index (χ1v) is 6.79. The molecule has 0 aliphatic heterocycles. The minimum absolute atomic E-state index is 0.0478. The number of benzene rings is 1. The van der Waals surface area contributed by atoms with E-state index in [0.29, 0.717) is 5.75 Å². The number of ether oxygens (including phenoxy) is 2. The van der Waals surface area contributed by atoms with Gasteiger partial charge in [-0.3, -0.25) is 0 Å². The predicted octanol–water partition coefficient (Wildman–Crippen LogP) is 3.08. The van der Waals surface area contributed by atoms with Gasteiger partial charge < -0.3 is 14.6 Å². The molecule has 2 aromatic rings. The molecule has 1 aromatic heterocycles. The van der Waals surface area contributed by atoms with E-state index in [9.17, 15) is 5.11 Å². The molecular weight excluding hydrogens is 318 g/mol. The highest BCUT2D eigenvalue weighted by atomic mass is 79.9. The normalized spacial score (nSPS) is 10.4. The van der Waals surface area contributed by atoms with Crippen molar-refractivity contribution in [3.63, 3.8) is 0 Å². The van der Waals surface area contributed by atoms with Gasteiger partial charge in [-0.05, 0) is 28.1 Å². The zero-order valence-corrected chi connectivity index (χ0v) is 12.3. The van der Waals surface area contributed by atoms with E-state index in [-0.39, 0.29) is 6.61 Å². The molecule has 96 valence electrons. The second-order valence-corrected chi connectivity index (χ2v) is 5.82. The van der Waals surface area contributed by atoms with Crippen molar-refractivity contribution < 1.29 is 14.6 Å². The standard InChI is InChI=1S/C12H12BrNO3S/c1-16-7-3-4-8(9(5-7)17-2)11-10(6-15)18-12(13)14-11/h3-5,15H,6H2,1-2H3. The number of methoxy groups -OCH3 is 2. The molecule has 0 aliphatic rings. The van der Waals surface area contributed by atoms with Gasteiger partial charge in [0, 0.05) is 11.6 Å². The van der Waals surface area contributed by atoms with Crippen LogP contribution in [0.15, 0.2) is 22.1 Å². The lowest BCUT2D eigenvalue weighted by atomic mass is 10.1. The van der Waals surface area contributed by atoms with Gasteiger partial charge in [0.1, 0.15) is 11.5 Å². The second kappa shape index (κ2) is 5.69. The molecule has 0 saturated carbocycles. The van der Waals surface area contributed by atoms with Crippen molar-refractivity contribution in [1.82, 2.24) is 4.98 Å². The molecule has 1 aromatic carbocycles. The number of halogens is 1. The van der Waals surface area contributed by atoms with Crippen LogP contribution in [0.5, 0.6) is 11.5 Å². The average Bonchev–Trinajstić information content (AvgIpc) is 2.78. The van der Waals surface area contributed by atoms with Crippen molar-refractivity contribution in [3.05, 3.63) is 27.0 Å². The number of hydrogen-bond donors (Lipinski definition) is 1. The lowest BCUT2D eigenvalue weighted by Crippen LogP contribution is -1.92. The van der Waals surface area contributed by atoms with Crippen LogP contribution in [-0.4, -0.2) is 24.3 Å². The Morgan fingerprint density at radius 1 is 1.33 bits per heavy atom. The summed E-state index contributed by atoms with van der Waals surface area (Å²) in [5.74, 6) is 1.39. The largest absolute Gasteiger partial charge is 0.497 e. The summed E-state index contributed by atoms with van der Waals surface area (Å²) in [6.45, 7) is -0.0478. The third-order valence-corrected chi connectivity index (χ3v) is 3.97. The van der Waals surface area contributed by atoms with E-state index >= 15 is 0 Å². The molecule has 0 spiro atoms. The minimum Gasteiger partial charge on any atom is -0.497 e. The number of hydrogen-bond acceptors (Lipinski definition) is 5. The van der Waals surface area contributed by atoms with Gasteiger partial charge in [-0.2, -0.15) is 0 Å². The van der Waals surface area contributed by atoms with Crippen LogP contribution >= 0.6 is 27.3 Å².